The van der Waals surface area contributed by atoms with Gasteiger partial charge in [0.1, 0.15) is 0 Å². The van der Waals surface area contributed by atoms with Gasteiger partial charge in [0.05, 0.1) is 0 Å². The molecule has 0 amide bonds. The van der Waals surface area contributed by atoms with Crippen LogP contribution in [0.3, 0.4) is 0 Å². The zero-order valence-corrected chi connectivity index (χ0v) is 13.8. The lowest BCUT2D eigenvalue weighted by Crippen LogP contribution is -2.43. The number of piperazine rings is 1. The molecule has 21 heavy (non-hydrogen) atoms. The molecule has 1 aromatic rings. The van der Waals surface area contributed by atoms with Crippen LogP contribution in [-0.4, -0.2) is 61.0 Å². The minimum atomic E-state index is 0.580. The molecule has 0 radical (unpaired) electrons. The molecule has 1 saturated heterocycles. The molecule has 0 spiro atoms. The van der Waals surface area contributed by atoms with Crippen LogP contribution in [-0.2, 0) is 13.0 Å². The van der Waals surface area contributed by atoms with Crippen LogP contribution in [0, 0.1) is 0 Å². The van der Waals surface area contributed by atoms with Gasteiger partial charge >= 0.3 is 0 Å². The topological polar surface area (TPSA) is 9.72 Å². The highest BCUT2D eigenvalue weighted by Gasteiger charge is 2.23. The van der Waals surface area contributed by atoms with E-state index in [1.165, 1.54) is 44.7 Å². The van der Waals surface area contributed by atoms with Crippen molar-refractivity contribution in [3.8, 4) is 0 Å². The van der Waals surface area contributed by atoms with Gasteiger partial charge in [-0.25, -0.2) is 0 Å². The van der Waals surface area contributed by atoms with Crippen LogP contribution in [0.25, 0.3) is 0 Å². The highest BCUT2D eigenvalue weighted by molar-refractivity contribution is 5.36. The molecule has 3 heteroatoms. The van der Waals surface area contributed by atoms with Gasteiger partial charge in [-0.05, 0) is 43.6 Å². The third kappa shape index (κ3) is 3.31. The molecule has 2 heterocycles. The van der Waals surface area contributed by atoms with Crippen molar-refractivity contribution >= 4 is 0 Å². The average Bonchev–Trinajstić information content (AvgIpc) is 2.50. The lowest BCUT2D eigenvalue weighted by atomic mass is 9.92. The van der Waals surface area contributed by atoms with E-state index in [1.54, 1.807) is 11.1 Å². The molecule has 2 aliphatic rings. The molecule has 0 bridgehead atoms. The molecule has 1 unspecified atom stereocenters. The summed E-state index contributed by atoms with van der Waals surface area (Å²) in [6, 6.07) is 7.79. The summed E-state index contributed by atoms with van der Waals surface area (Å²) in [7, 11) is 2.22. The zero-order chi connectivity index (χ0) is 14.8. The van der Waals surface area contributed by atoms with Gasteiger partial charge in [-0.2, -0.15) is 0 Å². The summed E-state index contributed by atoms with van der Waals surface area (Å²) >= 11 is 0. The van der Waals surface area contributed by atoms with Crippen LogP contribution in [0.4, 0.5) is 0 Å². The van der Waals surface area contributed by atoms with Crippen LogP contribution < -0.4 is 0 Å². The maximum Gasteiger partial charge on any atom is 0.0322 e. The second-order valence-corrected chi connectivity index (χ2v) is 6.67. The van der Waals surface area contributed by atoms with Crippen molar-refractivity contribution in [2.24, 2.45) is 0 Å². The second-order valence-electron chi connectivity index (χ2n) is 6.67. The van der Waals surface area contributed by atoms with Gasteiger partial charge in [0.25, 0.3) is 0 Å². The summed E-state index contributed by atoms with van der Waals surface area (Å²) in [5.41, 5.74) is 4.62. The van der Waals surface area contributed by atoms with Crippen molar-refractivity contribution in [3.63, 3.8) is 0 Å². The van der Waals surface area contributed by atoms with E-state index < -0.39 is 0 Å². The lowest BCUT2D eigenvalue weighted by Gasteiger charge is -2.35. The Hall–Kier alpha value is -0.900. The van der Waals surface area contributed by atoms with Crippen molar-refractivity contribution < 1.29 is 0 Å². The first kappa shape index (κ1) is 15.0. The Morgan fingerprint density at radius 2 is 1.86 bits per heavy atom. The summed E-state index contributed by atoms with van der Waals surface area (Å²) in [5.74, 6) is 0. The highest BCUT2D eigenvalue weighted by Crippen LogP contribution is 2.30. The predicted molar refractivity (Wildman–Crippen MR) is 88.6 cm³/mol. The van der Waals surface area contributed by atoms with E-state index in [0.717, 1.165) is 13.1 Å². The zero-order valence-electron chi connectivity index (χ0n) is 13.8. The molecule has 1 aromatic carbocycles. The maximum absolute atomic E-state index is 2.59. The van der Waals surface area contributed by atoms with Crippen molar-refractivity contribution in [1.29, 1.82) is 0 Å². The number of hydrogen-bond donors (Lipinski definition) is 0. The van der Waals surface area contributed by atoms with E-state index >= 15 is 0 Å². The van der Waals surface area contributed by atoms with Crippen LogP contribution in [0.15, 0.2) is 18.2 Å². The Morgan fingerprint density at radius 1 is 1.10 bits per heavy atom. The van der Waals surface area contributed by atoms with E-state index in [9.17, 15) is 0 Å². The SMILES string of the molecule is CCN1CCc2cc(CN3CCN(C)CC3)ccc2C1C. The molecule has 2 aliphatic heterocycles. The molecular formula is C18H29N3. The molecule has 116 valence electrons. The fraction of sp³-hybridized carbons (Fsp3) is 0.667. The average molecular weight is 287 g/mol. The summed E-state index contributed by atoms with van der Waals surface area (Å²) in [5, 5.41) is 0. The number of rotatable bonds is 3. The Bertz CT molecular complexity index is 477. The molecule has 0 saturated carbocycles. The van der Waals surface area contributed by atoms with Gasteiger partial charge in [0, 0.05) is 45.3 Å². The van der Waals surface area contributed by atoms with Gasteiger partial charge in [-0.15, -0.1) is 0 Å². The van der Waals surface area contributed by atoms with Crippen molar-refractivity contribution in [3.05, 3.63) is 34.9 Å². The predicted octanol–water partition coefficient (Wildman–Crippen LogP) is 2.37. The quantitative estimate of drug-likeness (QED) is 0.845. The Balaban J connectivity index is 1.69. The fourth-order valence-electron chi connectivity index (χ4n) is 3.73. The smallest absolute Gasteiger partial charge is 0.0322 e. The van der Waals surface area contributed by atoms with Gasteiger partial charge in [0.2, 0.25) is 0 Å². The van der Waals surface area contributed by atoms with Crippen molar-refractivity contribution in [2.45, 2.75) is 32.9 Å². The molecular weight excluding hydrogens is 258 g/mol. The lowest BCUT2D eigenvalue weighted by molar-refractivity contribution is 0.148. The summed E-state index contributed by atoms with van der Waals surface area (Å²) in [4.78, 5) is 7.58. The third-order valence-electron chi connectivity index (χ3n) is 5.28. The largest absolute Gasteiger partial charge is 0.304 e. The number of nitrogens with zero attached hydrogens (tertiary/aromatic N) is 3. The van der Waals surface area contributed by atoms with Crippen LogP contribution >= 0.6 is 0 Å². The van der Waals surface area contributed by atoms with E-state index in [1.807, 2.05) is 0 Å². The summed E-state index contributed by atoms with van der Waals surface area (Å²) < 4.78 is 0. The minimum absolute atomic E-state index is 0.580. The molecule has 3 rings (SSSR count). The van der Waals surface area contributed by atoms with Gasteiger partial charge in [0.15, 0.2) is 0 Å². The molecule has 1 atom stereocenters. The van der Waals surface area contributed by atoms with Crippen LogP contribution in [0.2, 0.25) is 0 Å². The first-order valence-electron chi connectivity index (χ1n) is 8.44. The van der Waals surface area contributed by atoms with E-state index in [0.29, 0.717) is 6.04 Å². The Labute approximate surface area is 129 Å². The van der Waals surface area contributed by atoms with Gasteiger partial charge in [-0.1, -0.05) is 25.1 Å². The Morgan fingerprint density at radius 3 is 2.57 bits per heavy atom. The monoisotopic (exact) mass is 287 g/mol. The highest BCUT2D eigenvalue weighted by atomic mass is 15.2. The molecule has 1 fully saturated rings. The van der Waals surface area contributed by atoms with E-state index in [-0.39, 0.29) is 0 Å². The number of hydrogen-bond acceptors (Lipinski definition) is 3. The first-order valence-corrected chi connectivity index (χ1v) is 8.44. The van der Waals surface area contributed by atoms with E-state index in [4.69, 9.17) is 0 Å². The Kier molecular flexibility index (Phi) is 4.63. The van der Waals surface area contributed by atoms with Crippen LogP contribution in [0.5, 0.6) is 0 Å². The standard InChI is InChI=1S/C18H29N3/c1-4-21-8-7-17-13-16(5-6-18(17)15(21)2)14-20-11-9-19(3)10-12-20/h5-6,13,15H,4,7-12,14H2,1-3H3. The van der Waals surface area contributed by atoms with Gasteiger partial charge < -0.3 is 4.90 Å². The molecule has 0 aliphatic carbocycles. The fourth-order valence-corrected chi connectivity index (χ4v) is 3.73. The van der Waals surface area contributed by atoms with E-state index in [2.05, 4.69) is 53.8 Å². The normalized spacial score (nSPS) is 25.0. The van der Waals surface area contributed by atoms with Crippen molar-refractivity contribution in [1.82, 2.24) is 14.7 Å². The number of fused-ring (bicyclic) bond motifs is 1. The number of benzene rings is 1. The van der Waals surface area contributed by atoms with Crippen molar-refractivity contribution in [2.75, 3.05) is 46.3 Å². The summed E-state index contributed by atoms with van der Waals surface area (Å²) in [6.07, 6.45) is 1.21. The summed E-state index contributed by atoms with van der Waals surface area (Å²) in [6.45, 7) is 12.9. The maximum atomic E-state index is 2.59. The number of likely N-dealkylation sites (N-methyl/N-ethyl adjacent to an activating group) is 2. The minimum Gasteiger partial charge on any atom is -0.304 e. The third-order valence-corrected chi connectivity index (χ3v) is 5.28. The first-order chi connectivity index (χ1) is 10.2. The molecule has 0 aromatic heterocycles. The van der Waals surface area contributed by atoms with Crippen LogP contribution in [0.1, 0.15) is 36.6 Å². The molecule has 0 N–H and O–H groups in total. The van der Waals surface area contributed by atoms with Gasteiger partial charge in [-0.3, -0.25) is 9.80 Å². The second kappa shape index (κ2) is 6.47. The molecule has 3 nitrogen and oxygen atoms in total.